The molecule has 0 aromatic rings. The maximum Gasteiger partial charge on any atom is 0.110 e. The number of nitrogens with one attached hydrogen (secondary N) is 1. The Morgan fingerprint density at radius 2 is 1.93 bits per heavy atom. The van der Waals surface area contributed by atoms with Crippen molar-refractivity contribution in [1.82, 2.24) is 5.32 Å². The lowest BCUT2D eigenvalue weighted by Gasteiger charge is -2.43. The molecule has 1 aliphatic carbocycles. The molecule has 1 N–H and O–H groups in total. The van der Waals surface area contributed by atoms with Gasteiger partial charge in [0.15, 0.2) is 0 Å². The summed E-state index contributed by atoms with van der Waals surface area (Å²) in [6, 6.07) is 2.96. The summed E-state index contributed by atoms with van der Waals surface area (Å²) < 4.78 is 0. The minimum Gasteiger partial charge on any atom is -0.297 e. The van der Waals surface area contributed by atoms with E-state index in [1.807, 2.05) is 0 Å². The van der Waals surface area contributed by atoms with Crippen molar-refractivity contribution < 1.29 is 0 Å². The van der Waals surface area contributed by atoms with Crippen molar-refractivity contribution >= 4 is 0 Å². The average Bonchev–Trinajstić information content (AvgIpc) is 2.17. The number of nitrogens with zero attached hydrogens (tertiary/aromatic N) is 1. The van der Waals surface area contributed by atoms with Gasteiger partial charge in [0.05, 0.1) is 6.07 Å². The van der Waals surface area contributed by atoms with Gasteiger partial charge in [0.25, 0.3) is 0 Å². The molecule has 0 aromatic heterocycles. The van der Waals surface area contributed by atoms with Crippen LogP contribution in [0.4, 0.5) is 0 Å². The molecular formula is C13H24N2. The van der Waals surface area contributed by atoms with Crippen molar-refractivity contribution in [3.8, 4) is 6.07 Å². The summed E-state index contributed by atoms with van der Waals surface area (Å²) in [6.45, 7) is 8.74. The molecule has 15 heavy (non-hydrogen) atoms. The van der Waals surface area contributed by atoms with Crippen LogP contribution in [0.2, 0.25) is 0 Å². The predicted octanol–water partition coefficient (Wildman–Crippen LogP) is 3.09. The second-order valence-electron chi connectivity index (χ2n) is 5.48. The highest BCUT2D eigenvalue weighted by Gasteiger charge is 2.42. The summed E-state index contributed by atoms with van der Waals surface area (Å²) >= 11 is 0. The molecule has 0 radical (unpaired) electrons. The number of hydrogen-bond donors (Lipinski definition) is 1. The first-order chi connectivity index (χ1) is 7.02. The number of nitriles is 1. The van der Waals surface area contributed by atoms with Crippen LogP contribution in [0.15, 0.2) is 0 Å². The third-order valence-electron chi connectivity index (χ3n) is 3.52. The average molecular weight is 208 g/mol. The minimum absolute atomic E-state index is 0.263. The highest BCUT2D eigenvalue weighted by molar-refractivity contribution is 5.13. The smallest absolute Gasteiger partial charge is 0.110 e. The van der Waals surface area contributed by atoms with E-state index in [0.717, 1.165) is 6.42 Å². The van der Waals surface area contributed by atoms with Crippen molar-refractivity contribution in [2.75, 3.05) is 0 Å². The van der Waals surface area contributed by atoms with E-state index < -0.39 is 0 Å². The van der Waals surface area contributed by atoms with E-state index in [9.17, 15) is 5.26 Å². The molecule has 1 rings (SSSR count). The van der Waals surface area contributed by atoms with E-state index in [4.69, 9.17) is 0 Å². The van der Waals surface area contributed by atoms with Crippen molar-refractivity contribution in [3.05, 3.63) is 0 Å². The normalized spacial score (nSPS) is 31.9. The first-order valence-electron chi connectivity index (χ1n) is 6.21. The van der Waals surface area contributed by atoms with Gasteiger partial charge in [0.1, 0.15) is 5.54 Å². The van der Waals surface area contributed by atoms with Crippen LogP contribution in [0, 0.1) is 23.2 Å². The molecule has 2 atom stereocenters. The molecule has 0 bridgehead atoms. The maximum atomic E-state index is 9.50. The molecule has 0 spiro atoms. The van der Waals surface area contributed by atoms with Gasteiger partial charge in [-0.15, -0.1) is 0 Å². The van der Waals surface area contributed by atoms with E-state index in [0.29, 0.717) is 17.9 Å². The standard InChI is InChI=1S/C13H24N2/c1-10(2)12-7-5-6-8-13(12,9-14)15-11(3)4/h10-12,15H,5-8H2,1-4H3. The lowest BCUT2D eigenvalue weighted by molar-refractivity contribution is 0.141. The van der Waals surface area contributed by atoms with Gasteiger partial charge in [-0.1, -0.05) is 26.7 Å². The van der Waals surface area contributed by atoms with Gasteiger partial charge in [-0.2, -0.15) is 5.26 Å². The molecule has 86 valence electrons. The Balaban J connectivity index is 2.86. The Kier molecular flexibility index (Phi) is 4.16. The minimum atomic E-state index is -0.263. The Bertz CT molecular complexity index is 239. The highest BCUT2D eigenvalue weighted by Crippen LogP contribution is 2.38. The molecule has 0 aromatic carbocycles. The van der Waals surface area contributed by atoms with Crippen LogP contribution < -0.4 is 5.32 Å². The number of hydrogen-bond acceptors (Lipinski definition) is 2. The van der Waals surface area contributed by atoms with Crippen molar-refractivity contribution in [2.24, 2.45) is 11.8 Å². The lowest BCUT2D eigenvalue weighted by Crippen LogP contribution is -2.55. The molecule has 0 heterocycles. The van der Waals surface area contributed by atoms with Gasteiger partial charge >= 0.3 is 0 Å². The van der Waals surface area contributed by atoms with Crippen LogP contribution in [0.3, 0.4) is 0 Å². The fourth-order valence-electron chi connectivity index (χ4n) is 2.97. The van der Waals surface area contributed by atoms with Crippen LogP contribution >= 0.6 is 0 Å². The molecule has 1 saturated carbocycles. The van der Waals surface area contributed by atoms with Gasteiger partial charge in [-0.05, 0) is 38.5 Å². The largest absolute Gasteiger partial charge is 0.297 e. The third kappa shape index (κ3) is 2.72. The first-order valence-corrected chi connectivity index (χ1v) is 6.21. The Labute approximate surface area is 94.1 Å². The molecule has 1 fully saturated rings. The van der Waals surface area contributed by atoms with E-state index in [-0.39, 0.29) is 5.54 Å². The van der Waals surface area contributed by atoms with E-state index >= 15 is 0 Å². The van der Waals surface area contributed by atoms with Gasteiger partial charge in [-0.3, -0.25) is 5.32 Å². The van der Waals surface area contributed by atoms with Gasteiger partial charge in [0.2, 0.25) is 0 Å². The van der Waals surface area contributed by atoms with Crippen LogP contribution in [0.5, 0.6) is 0 Å². The van der Waals surface area contributed by atoms with Crippen molar-refractivity contribution in [1.29, 1.82) is 5.26 Å². The predicted molar refractivity (Wildman–Crippen MR) is 63.4 cm³/mol. The van der Waals surface area contributed by atoms with Crippen LogP contribution in [-0.2, 0) is 0 Å². The summed E-state index contributed by atoms with van der Waals surface area (Å²) in [5.74, 6) is 1.11. The molecule has 2 heteroatoms. The van der Waals surface area contributed by atoms with Crippen molar-refractivity contribution in [3.63, 3.8) is 0 Å². The molecular weight excluding hydrogens is 184 g/mol. The Morgan fingerprint density at radius 1 is 1.27 bits per heavy atom. The van der Waals surface area contributed by atoms with Gasteiger partial charge < -0.3 is 0 Å². The summed E-state index contributed by atoms with van der Waals surface area (Å²) in [5, 5.41) is 13.0. The first kappa shape index (κ1) is 12.5. The zero-order chi connectivity index (χ0) is 11.5. The summed E-state index contributed by atoms with van der Waals surface area (Å²) in [5.41, 5.74) is -0.263. The lowest BCUT2D eigenvalue weighted by atomic mass is 9.68. The van der Waals surface area contributed by atoms with E-state index in [1.165, 1.54) is 19.3 Å². The molecule has 0 saturated heterocycles. The zero-order valence-corrected chi connectivity index (χ0v) is 10.5. The van der Waals surface area contributed by atoms with Crippen LogP contribution in [0.25, 0.3) is 0 Å². The zero-order valence-electron chi connectivity index (χ0n) is 10.5. The quantitative estimate of drug-likeness (QED) is 0.773. The van der Waals surface area contributed by atoms with Gasteiger partial charge in [-0.25, -0.2) is 0 Å². The van der Waals surface area contributed by atoms with E-state index in [1.54, 1.807) is 0 Å². The monoisotopic (exact) mass is 208 g/mol. The molecule has 0 aliphatic heterocycles. The van der Waals surface area contributed by atoms with E-state index in [2.05, 4.69) is 39.1 Å². The molecule has 2 unspecified atom stereocenters. The topological polar surface area (TPSA) is 35.8 Å². The Morgan fingerprint density at radius 3 is 2.40 bits per heavy atom. The van der Waals surface area contributed by atoms with Crippen molar-refractivity contribution in [2.45, 2.75) is 65.0 Å². The second kappa shape index (κ2) is 4.99. The SMILES string of the molecule is CC(C)NC1(C#N)CCCCC1C(C)C. The maximum absolute atomic E-state index is 9.50. The second-order valence-corrected chi connectivity index (χ2v) is 5.48. The summed E-state index contributed by atoms with van der Waals surface area (Å²) in [7, 11) is 0. The van der Waals surface area contributed by atoms with Crippen LogP contribution in [0.1, 0.15) is 53.4 Å². The van der Waals surface area contributed by atoms with Gasteiger partial charge in [0, 0.05) is 6.04 Å². The highest BCUT2D eigenvalue weighted by atomic mass is 15.0. The number of rotatable bonds is 3. The Hall–Kier alpha value is -0.550. The summed E-state index contributed by atoms with van der Waals surface area (Å²) in [4.78, 5) is 0. The molecule has 1 aliphatic rings. The fourth-order valence-corrected chi connectivity index (χ4v) is 2.97. The fraction of sp³-hybridized carbons (Fsp3) is 0.923. The molecule has 2 nitrogen and oxygen atoms in total. The molecule has 0 amide bonds. The summed E-state index contributed by atoms with van der Waals surface area (Å²) in [6.07, 6.45) is 4.69. The third-order valence-corrected chi connectivity index (χ3v) is 3.52. The van der Waals surface area contributed by atoms with Crippen LogP contribution in [-0.4, -0.2) is 11.6 Å².